The number of anilines is 3. The van der Waals surface area contributed by atoms with E-state index in [9.17, 15) is 14.9 Å². The van der Waals surface area contributed by atoms with Gasteiger partial charge >= 0.3 is 0 Å². The minimum atomic E-state index is -0.386. The number of carbonyl (C=O) groups is 1. The Morgan fingerprint density at radius 3 is 2.50 bits per heavy atom. The van der Waals surface area contributed by atoms with Crippen LogP contribution in [0.4, 0.5) is 22.7 Å². The number of piperazine rings is 1. The minimum absolute atomic E-state index is 0.0313. The summed E-state index contributed by atoms with van der Waals surface area (Å²) in [6.45, 7) is 3.40. The van der Waals surface area contributed by atoms with Crippen molar-refractivity contribution in [3.63, 3.8) is 0 Å². The topological polar surface area (TPSA) is 91.9 Å². The van der Waals surface area contributed by atoms with Crippen LogP contribution in [-0.2, 0) is 6.54 Å². The van der Waals surface area contributed by atoms with Gasteiger partial charge in [0.25, 0.3) is 5.69 Å². The minimum Gasteiger partial charge on any atom is -0.467 e. The molecular weight excluding hydrogens is 384 g/mol. The standard InChI is InChI=1S/C22H22N4O4/c27-16-17-4-1-2-6-21(17)25-11-9-24(10-12-25)18-7-8-22(26(28)29)20(14-18)23-15-19-5-3-13-30-19/h1-8,13-14,16,23H,9-12,15H2. The quantitative estimate of drug-likeness (QED) is 0.361. The molecule has 0 unspecified atom stereocenters. The molecule has 2 heterocycles. The molecular formula is C22H22N4O4. The van der Waals surface area contributed by atoms with Crippen LogP contribution in [0.5, 0.6) is 0 Å². The van der Waals surface area contributed by atoms with Gasteiger partial charge in [0, 0.05) is 49.2 Å². The van der Waals surface area contributed by atoms with Crippen LogP contribution in [0.15, 0.2) is 65.3 Å². The molecule has 0 atom stereocenters. The Bertz CT molecular complexity index is 1030. The number of carbonyl (C=O) groups excluding carboxylic acids is 1. The van der Waals surface area contributed by atoms with Gasteiger partial charge in [0.1, 0.15) is 11.4 Å². The van der Waals surface area contributed by atoms with Gasteiger partial charge < -0.3 is 19.5 Å². The van der Waals surface area contributed by atoms with Gasteiger partial charge in [-0.2, -0.15) is 0 Å². The second kappa shape index (κ2) is 8.69. The molecule has 30 heavy (non-hydrogen) atoms. The van der Waals surface area contributed by atoms with Crippen LogP contribution in [0.3, 0.4) is 0 Å². The summed E-state index contributed by atoms with van der Waals surface area (Å²) >= 11 is 0. The van der Waals surface area contributed by atoms with Crippen molar-refractivity contribution < 1.29 is 14.1 Å². The maximum Gasteiger partial charge on any atom is 0.292 e. The highest BCUT2D eigenvalue weighted by Crippen LogP contribution is 2.31. The fourth-order valence-corrected chi connectivity index (χ4v) is 3.70. The molecule has 4 rings (SSSR count). The van der Waals surface area contributed by atoms with E-state index in [1.54, 1.807) is 18.4 Å². The van der Waals surface area contributed by atoms with Crippen molar-refractivity contribution in [2.75, 3.05) is 41.3 Å². The fourth-order valence-electron chi connectivity index (χ4n) is 3.70. The first-order valence-electron chi connectivity index (χ1n) is 9.74. The van der Waals surface area contributed by atoms with Gasteiger partial charge in [0.15, 0.2) is 6.29 Å². The molecule has 8 heteroatoms. The summed E-state index contributed by atoms with van der Waals surface area (Å²) in [4.78, 5) is 26.8. The molecule has 154 valence electrons. The van der Waals surface area contributed by atoms with Crippen LogP contribution < -0.4 is 15.1 Å². The normalized spacial score (nSPS) is 13.9. The first kappa shape index (κ1) is 19.5. The zero-order valence-electron chi connectivity index (χ0n) is 16.4. The zero-order valence-corrected chi connectivity index (χ0v) is 16.4. The Morgan fingerprint density at radius 2 is 1.80 bits per heavy atom. The number of hydrogen-bond acceptors (Lipinski definition) is 7. The Balaban J connectivity index is 1.48. The predicted octanol–water partition coefficient (Wildman–Crippen LogP) is 3.94. The van der Waals surface area contributed by atoms with Gasteiger partial charge in [0.2, 0.25) is 0 Å². The molecule has 0 spiro atoms. The number of rotatable bonds is 7. The van der Waals surface area contributed by atoms with E-state index in [0.717, 1.165) is 43.8 Å². The number of aldehydes is 1. The molecule has 1 saturated heterocycles. The number of nitro groups is 1. The van der Waals surface area contributed by atoms with Crippen molar-refractivity contribution in [2.45, 2.75) is 6.54 Å². The second-order valence-electron chi connectivity index (χ2n) is 7.04. The van der Waals surface area contributed by atoms with E-state index in [4.69, 9.17) is 4.42 Å². The lowest BCUT2D eigenvalue weighted by molar-refractivity contribution is -0.384. The van der Waals surface area contributed by atoms with Crippen LogP contribution in [0.1, 0.15) is 16.1 Å². The molecule has 1 N–H and O–H groups in total. The molecule has 8 nitrogen and oxygen atoms in total. The summed E-state index contributed by atoms with van der Waals surface area (Å²) in [6, 6.07) is 16.3. The predicted molar refractivity (Wildman–Crippen MR) is 115 cm³/mol. The van der Waals surface area contributed by atoms with Crippen molar-refractivity contribution >= 4 is 29.0 Å². The van der Waals surface area contributed by atoms with Crippen molar-refractivity contribution in [2.24, 2.45) is 0 Å². The highest BCUT2D eigenvalue weighted by Gasteiger charge is 2.22. The Labute approximate surface area is 173 Å². The van der Waals surface area contributed by atoms with Crippen molar-refractivity contribution in [1.82, 2.24) is 0 Å². The van der Waals surface area contributed by atoms with Crippen molar-refractivity contribution in [3.05, 3.63) is 82.3 Å². The fraction of sp³-hybridized carbons (Fsp3) is 0.227. The van der Waals surface area contributed by atoms with Crippen LogP contribution in [0, 0.1) is 10.1 Å². The number of nitrogens with zero attached hydrogens (tertiary/aromatic N) is 3. The van der Waals surface area contributed by atoms with Crippen LogP contribution in [0.2, 0.25) is 0 Å². The Morgan fingerprint density at radius 1 is 1.03 bits per heavy atom. The number of nitro benzene ring substituents is 1. The summed E-state index contributed by atoms with van der Waals surface area (Å²) in [5.74, 6) is 0.706. The van der Waals surface area contributed by atoms with Gasteiger partial charge in [0.05, 0.1) is 17.7 Å². The number of furan rings is 1. The summed E-state index contributed by atoms with van der Waals surface area (Å²) in [7, 11) is 0. The summed E-state index contributed by atoms with van der Waals surface area (Å²) in [5.41, 5.74) is 3.04. The van der Waals surface area contributed by atoms with E-state index in [1.807, 2.05) is 36.4 Å². The first-order chi connectivity index (χ1) is 14.7. The molecule has 1 aliphatic rings. The third kappa shape index (κ3) is 4.12. The molecule has 1 aromatic heterocycles. The van der Waals surface area contributed by atoms with E-state index in [2.05, 4.69) is 15.1 Å². The van der Waals surface area contributed by atoms with Crippen LogP contribution in [-0.4, -0.2) is 37.4 Å². The maximum atomic E-state index is 11.4. The third-order valence-corrected chi connectivity index (χ3v) is 5.26. The molecule has 2 aromatic carbocycles. The zero-order chi connectivity index (χ0) is 20.9. The molecule has 0 radical (unpaired) electrons. The van der Waals surface area contributed by atoms with Crippen molar-refractivity contribution in [3.8, 4) is 0 Å². The number of hydrogen-bond donors (Lipinski definition) is 1. The van der Waals surface area contributed by atoms with Crippen LogP contribution >= 0.6 is 0 Å². The lowest BCUT2D eigenvalue weighted by Crippen LogP contribution is -2.46. The Kier molecular flexibility index (Phi) is 5.65. The molecule has 0 amide bonds. The summed E-state index contributed by atoms with van der Waals surface area (Å²) in [5, 5.41) is 14.5. The van der Waals surface area contributed by atoms with Gasteiger partial charge in [-0.1, -0.05) is 12.1 Å². The van der Waals surface area contributed by atoms with Gasteiger partial charge in [-0.15, -0.1) is 0 Å². The SMILES string of the molecule is O=Cc1ccccc1N1CCN(c2ccc([N+](=O)[O-])c(NCc3ccco3)c2)CC1. The maximum absolute atomic E-state index is 11.4. The molecule has 0 aliphatic carbocycles. The molecule has 1 fully saturated rings. The number of benzene rings is 2. The van der Waals surface area contributed by atoms with E-state index < -0.39 is 0 Å². The van der Waals surface area contributed by atoms with E-state index in [0.29, 0.717) is 23.6 Å². The molecule has 3 aromatic rings. The average Bonchev–Trinajstić information content (AvgIpc) is 3.31. The Hall–Kier alpha value is -3.81. The average molecular weight is 406 g/mol. The van der Waals surface area contributed by atoms with E-state index >= 15 is 0 Å². The highest BCUT2D eigenvalue weighted by molar-refractivity contribution is 5.84. The number of para-hydroxylation sites is 1. The smallest absolute Gasteiger partial charge is 0.292 e. The van der Waals surface area contributed by atoms with E-state index in [-0.39, 0.29) is 10.6 Å². The highest BCUT2D eigenvalue weighted by atomic mass is 16.6. The molecule has 1 aliphatic heterocycles. The number of nitrogens with one attached hydrogen (secondary N) is 1. The molecule has 0 bridgehead atoms. The summed E-state index contributed by atoms with van der Waals surface area (Å²) in [6.07, 6.45) is 2.46. The first-order valence-corrected chi connectivity index (χ1v) is 9.74. The lowest BCUT2D eigenvalue weighted by Gasteiger charge is -2.38. The van der Waals surface area contributed by atoms with Crippen molar-refractivity contribution in [1.29, 1.82) is 0 Å². The van der Waals surface area contributed by atoms with Crippen LogP contribution in [0.25, 0.3) is 0 Å². The largest absolute Gasteiger partial charge is 0.467 e. The van der Waals surface area contributed by atoms with Gasteiger partial charge in [-0.25, -0.2) is 0 Å². The lowest BCUT2D eigenvalue weighted by atomic mass is 10.1. The third-order valence-electron chi connectivity index (χ3n) is 5.26. The monoisotopic (exact) mass is 406 g/mol. The van der Waals surface area contributed by atoms with Gasteiger partial charge in [-0.3, -0.25) is 14.9 Å². The summed E-state index contributed by atoms with van der Waals surface area (Å²) < 4.78 is 5.30. The molecule has 0 saturated carbocycles. The van der Waals surface area contributed by atoms with Gasteiger partial charge in [-0.05, 0) is 36.4 Å². The second-order valence-corrected chi connectivity index (χ2v) is 7.04. The van der Waals surface area contributed by atoms with E-state index in [1.165, 1.54) is 6.07 Å².